The number of carbonyl (C=O) groups is 1. The minimum atomic E-state index is -0.246. The second-order valence-electron chi connectivity index (χ2n) is 3.33. The highest BCUT2D eigenvalue weighted by Crippen LogP contribution is 2.02. The fourth-order valence-corrected chi connectivity index (χ4v) is 1.06. The Morgan fingerprint density at radius 3 is 2.64 bits per heavy atom. The minimum absolute atomic E-state index is 0.140. The molecule has 0 bridgehead atoms. The van der Waals surface area contributed by atoms with Crippen LogP contribution in [0.25, 0.3) is 0 Å². The van der Waals surface area contributed by atoms with Gasteiger partial charge in [0.1, 0.15) is 6.61 Å². The molecule has 3 heteroatoms. The summed E-state index contributed by atoms with van der Waals surface area (Å²) in [6, 6.07) is 9.44. The van der Waals surface area contributed by atoms with Crippen molar-refractivity contribution in [3.63, 3.8) is 0 Å². The lowest BCUT2D eigenvalue weighted by molar-refractivity contribution is -0.145. The molecule has 14 heavy (non-hydrogen) atoms. The van der Waals surface area contributed by atoms with E-state index in [1.807, 2.05) is 30.3 Å². The highest BCUT2D eigenvalue weighted by molar-refractivity contribution is 5.70. The number of carbonyl (C=O) groups excluding carboxylic acids is 1. The molecular formula is C11H15NO2. The smallest absolute Gasteiger partial charge is 0.307 e. The molecule has 0 spiro atoms. The fraction of sp³-hybridized carbons (Fsp3) is 0.364. The van der Waals surface area contributed by atoms with Crippen LogP contribution in [0.3, 0.4) is 0 Å². The van der Waals surface area contributed by atoms with Gasteiger partial charge in [0.2, 0.25) is 0 Å². The summed E-state index contributed by atoms with van der Waals surface area (Å²) in [6.07, 6.45) is 0.271. The normalized spacial score (nSPS) is 12.1. The summed E-state index contributed by atoms with van der Waals surface area (Å²) in [4.78, 5) is 11.1. The molecule has 0 unspecified atom stereocenters. The number of ether oxygens (including phenoxy) is 1. The van der Waals surface area contributed by atoms with Crippen LogP contribution in [0.2, 0.25) is 0 Å². The van der Waals surface area contributed by atoms with Crippen molar-refractivity contribution < 1.29 is 9.53 Å². The van der Waals surface area contributed by atoms with Gasteiger partial charge in [-0.25, -0.2) is 0 Å². The number of hydrogen-bond donors (Lipinski definition) is 1. The van der Waals surface area contributed by atoms with Gasteiger partial charge in [-0.1, -0.05) is 30.3 Å². The van der Waals surface area contributed by atoms with E-state index in [1.54, 1.807) is 6.92 Å². The molecule has 0 aliphatic carbocycles. The molecule has 0 radical (unpaired) electrons. The van der Waals surface area contributed by atoms with Crippen LogP contribution in [0.1, 0.15) is 18.9 Å². The molecule has 0 amide bonds. The average Bonchev–Trinajstić information content (AvgIpc) is 2.15. The van der Waals surface area contributed by atoms with Gasteiger partial charge in [0.15, 0.2) is 0 Å². The fourth-order valence-electron chi connectivity index (χ4n) is 1.06. The van der Waals surface area contributed by atoms with Crippen molar-refractivity contribution in [1.29, 1.82) is 0 Å². The Kier molecular flexibility index (Phi) is 4.13. The van der Waals surface area contributed by atoms with Gasteiger partial charge in [0.05, 0.1) is 6.42 Å². The first-order chi connectivity index (χ1) is 6.68. The highest BCUT2D eigenvalue weighted by Gasteiger charge is 2.05. The second-order valence-corrected chi connectivity index (χ2v) is 3.33. The molecule has 1 atom stereocenters. The van der Waals surface area contributed by atoms with E-state index in [2.05, 4.69) is 0 Å². The summed E-state index contributed by atoms with van der Waals surface area (Å²) in [5.41, 5.74) is 6.45. The van der Waals surface area contributed by atoms with E-state index < -0.39 is 0 Å². The van der Waals surface area contributed by atoms with E-state index >= 15 is 0 Å². The monoisotopic (exact) mass is 193 g/mol. The Bertz CT molecular complexity index is 283. The molecule has 0 aliphatic heterocycles. The van der Waals surface area contributed by atoms with Crippen molar-refractivity contribution in [2.24, 2.45) is 5.73 Å². The number of nitrogens with two attached hydrogens (primary N) is 1. The van der Waals surface area contributed by atoms with Crippen molar-refractivity contribution in [1.82, 2.24) is 0 Å². The lowest BCUT2D eigenvalue weighted by Gasteiger charge is -2.06. The molecule has 1 rings (SSSR count). The predicted octanol–water partition coefficient (Wildman–Crippen LogP) is 1.47. The molecule has 0 heterocycles. The maximum absolute atomic E-state index is 11.1. The third kappa shape index (κ3) is 4.05. The second kappa shape index (κ2) is 5.40. The van der Waals surface area contributed by atoms with Gasteiger partial charge in [-0.2, -0.15) is 0 Å². The van der Waals surface area contributed by atoms with Crippen LogP contribution in [-0.4, -0.2) is 12.0 Å². The van der Waals surface area contributed by atoms with Crippen molar-refractivity contribution in [3.05, 3.63) is 35.9 Å². The van der Waals surface area contributed by atoms with Gasteiger partial charge in [-0.05, 0) is 12.5 Å². The summed E-state index contributed by atoms with van der Waals surface area (Å²) in [7, 11) is 0. The lowest BCUT2D eigenvalue weighted by atomic mass is 10.2. The van der Waals surface area contributed by atoms with E-state index in [9.17, 15) is 4.79 Å². The van der Waals surface area contributed by atoms with Crippen molar-refractivity contribution in [3.8, 4) is 0 Å². The molecule has 0 saturated carbocycles. The van der Waals surface area contributed by atoms with Crippen LogP contribution >= 0.6 is 0 Å². The summed E-state index contributed by atoms with van der Waals surface area (Å²) in [5, 5.41) is 0. The first kappa shape index (κ1) is 10.7. The van der Waals surface area contributed by atoms with Gasteiger partial charge in [-0.15, -0.1) is 0 Å². The topological polar surface area (TPSA) is 52.3 Å². The van der Waals surface area contributed by atoms with Crippen LogP contribution < -0.4 is 5.73 Å². The Hall–Kier alpha value is -1.35. The van der Waals surface area contributed by atoms with Crippen LogP contribution in [0.15, 0.2) is 30.3 Å². The van der Waals surface area contributed by atoms with E-state index in [0.717, 1.165) is 5.56 Å². The maximum Gasteiger partial charge on any atom is 0.307 e. The van der Waals surface area contributed by atoms with Crippen LogP contribution in [0.4, 0.5) is 0 Å². The number of hydrogen-bond acceptors (Lipinski definition) is 3. The quantitative estimate of drug-likeness (QED) is 0.737. The van der Waals surface area contributed by atoms with E-state index in [4.69, 9.17) is 10.5 Å². The molecule has 1 aromatic carbocycles. The Balaban J connectivity index is 2.31. The molecule has 0 fully saturated rings. The van der Waals surface area contributed by atoms with Crippen LogP contribution in [-0.2, 0) is 16.1 Å². The standard InChI is InChI=1S/C11H15NO2/c1-9(12)7-11(13)14-8-10-5-3-2-4-6-10/h2-6,9H,7-8,12H2,1H3/t9-/m0/s1. The summed E-state index contributed by atoms with van der Waals surface area (Å²) >= 11 is 0. The third-order valence-corrected chi connectivity index (χ3v) is 1.73. The van der Waals surface area contributed by atoms with Crippen molar-refractivity contribution in [2.45, 2.75) is 26.0 Å². The summed E-state index contributed by atoms with van der Waals surface area (Å²) in [6.45, 7) is 2.11. The van der Waals surface area contributed by atoms with E-state index in [1.165, 1.54) is 0 Å². The molecule has 0 aromatic heterocycles. The highest BCUT2D eigenvalue weighted by atomic mass is 16.5. The zero-order valence-electron chi connectivity index (χ0n) is 8.27. The van der Waals surface area contributed by atoms with Crippen molar-refractivity contribution >= 4 is 5.97 Å². The first-order valence-corrected chi connectivity index (χ1v) is 4.63. The summed E-state index contributed by atoms with van der Waals surface area (Å²) < 4.78 is 5.02. The zero-order valence-corrected chi connectivity index (χ0v) is 8.27. The van der Waals surface area contributed by atoms with Gasteiger partial charge in [0, 0.05) is 6.04 Å². The average molecular weight is 193 g/mol. The Morgan fingerprint density at radius 2 is 2.07 bits per heavy atom. The van der Waals surface area contributed by atoms with Gasteiger partial charge < -0.3 is 10.5 Å². The molecule has 76 valence electrons. The molecule has 2 N–H and O–H groups in total. The number of benzene rings is 1. The molecule has 0 saturated heterocycles. The van der Waals surface area contributed by atoms with Crippen LogP contribution in [0, 0.1) is 0 Å². The van der Waals surface area contributed by atoms with Gasteiger partial charge >= 0.3 is 5.97 Å². The molecule has 1 aromatic rings. The first-order valence-electron chi connectivity index (χ1n) is 4.63. The van der Waals surface area contributed by atoms with Crippen molar-refractivity contribution in [2.75, 3.05) is 0 Å². The maximum atomic E-state index is 11.1. The minimum Gasteiger partial charge on any atom is -0.461 e. The third-order valence-electron chi connectivity index (χ3n) is 1.73. The Morgan fingerprint density at radius 1 is 1.43 bits per heavy atom. The number of rotatable bonds is 4. The zero-order chi connectivity index (χ0) is 10.4. The Labute approximate surface area is 83.9 Å². The van der Waals surface area contributed by atoms with Gasteiger partial charge in [0.25, 0.3) is 0 Å². The van der Waals surface area contributed by atoms with E-state index in [-0.39, 0.29) is 18.4 Å². The molecule has 3 nitrogen and oxygen atoms in total. The SMILES string of the molecule is C[C@H](N)CC(=O)OCc1ccccc1. The molecular weight excluding hydrogens is 178 g/mol. The molecule has 0 aliphatic rings. The lowest BCUT2D eigenvalue weighted by Crippen LogP contribution is -2.20. The largest absolute Gasteiger partial charge is 0.461 e. The van der Waals surface area contributed by atoms with Gasteiger partial charge in [-0.3, -0.25) is 4.79 Å². The summed E-state index contributed by atoms with van der Waals surface area (Å²) in [5.74, 6) is -0.246. The number of esters is 1. The predicted molar refractivity (Wildman–Crippen MR) is 54.5 cm³/mol. The van der Waals surface area contributed by atoms with E-state index in [0.29, 0.717) is 6.61 Å². The van der Waals surface area contributed by atoms with Crippen LogP contribution in [0.5, 0.6) is 0 Å².